The van der Waals surface area contributed by atoms with Gasteiger partial charge in [-0.1, -0.05) is 0 Å². The Morgan fingerprint density at radius 2 is 2.11 bits per heavy atom. The number of ether oxygens (including phenoxy) is 1. The zero-order valence-electron chi connectivity index (χ0n) is 10.6. The van der Waals surface area contributed by atoms with Gasteiger partial charge in [0.05, 0.1) is 12.0 Å². The summed E-state index contributed by atoms with van der Waals surface area (Å²) >= 11 is 0. The highest BCUT2D eigenvalue weighted by Crippen LogP contribution is 2.36. The standard InChI is InChI=1S/C12H18N2O3S/c1-12(5-6-12)14-18(15,16)10-3-4-11(17-2)9(7-10)8-13/h3-4,7,14H,5-6,8,13H2,1-2H3. The summed E-state index contributed by atoms with van der Waals surface area (Å²) in [6.45, 7) is 2.14. The van der Waals surface area contributed by atoms with E-state index in [9.17, 15) is 8.42 Å². The minimum Gasteiger partial charge on any atom is -0.496 e. The SMILES string of the molecule is COc1ccc(S(=O)(=O)NC2(C)CC2)cc1CN. The number of rotatable bonds is 5. The number of sulfonamides is 1. The Labute approximate surface area is 107 Å². The fourth-order valence-electron chi connectivity index (χ4n) is 1.75. The van der Waals surface area contributed by atoms with Crippen LogP contribution in [0.2, 0.25) is 0 Å². The van der Waals surface area contributed by atoms with Crippen LogP contribution in [0.1, 0.15) is 25.3 Å². The molecule has 0 heterocycles. The van der Waals surface area contributed by atoms with Gasteiger partial charge in [0.15, 0.2) is 0 Å². The van der Waals surface area contributed by atoms with Gasteiger partial charge in [0.2, 0.25) is 10.0 Å². The van der Waals surface area contributed by atoms with E-state index in [4.69, 9.17) is 10.5 Å². The van der Waals surface area contributed by atoms with Gasteiger partial charge in [-0.25, -0.2) is 13.1 Å². The maximum Gasteiger partial charge on any atom is 0.241 e. The summed E-state index contributed by atoms with van der Waals surface area (Å²) < 4.78 is 32.1. The van der Waals surface area contributed by atoms with Crippen molar-refractivity contribution in [3.05, 3.63) is 23.8 Å². The quantitative estimate of drug-likeness (QED) is 0.836. The van der Waals surface area contributed by atoms with Gasteiger partial charge in [-0.2, -0.15) is 0 Å². The van der Waals surface area contributed by atoms with Crippen molar-refractivity contribution in [1.82, 2.24) is 4.72 Å². The Hall–Kier alpha value is -1.11. The molecule has 0 unspecified atom stereocenters. The fraction of sp³-hybridized carbons (Fsp3) is 0.500. The third kappa shape index (κ3) is 2.66. The van der Waals surface area contributed by atoms with Gasteiger partial charge in [-0.15, -0.1) is 0 Å². The van der Waals surface area contributed by atoms with Crippen LogP contribution in [0.15, 0.2) is 23.1 Å². The van der Waals surface area contributed by atoms with Gasteiger partial charge in [0.1, 0.15) is 5.75 Å². The molecule has 6 heteroatoms. The average Bonchev–Trinajstić information content (AvgIpc) is 3.04. The molecule has 0 saturated heterocycles. The van der Waals surface area contributed by atoms with Gasteiger partial charge >= 0.3 is 0 Å². The molecule has 18 heavy (non-hydrogen) atoms. The van der Waals surface area contributed by atoms with Crippen LogP contribution >= 0.6 is 0 Å². The summed E-state index contributed by atoms with van der Waals surface area (Å²) in [5.41, 5.74) is 5.99. The maximum atomic E-state index is 12.2. The second-order valence-corrected chi connectivity index (χ2v) is 6.53. The first kappa shape index (κ1) is 13.3. The van der Waals surface area contributed by atoms with Crippen molar-refractivity contribution in [2.75, 3.05) is 7.11 Å². The Morgan fingerprint density at radius 3 is 2.61 bits per heavy atom. The molecular weight excluding hydrogens is 252 g/mol. The molecule has 1 fully saturated rings. The Morgan fingerprint density at radius 1 is 1.44 bits per heavy atom. The summed E-state index contributed by atoms with van der Waals surface area (Å²) in [4.78, 5) is 0.233. The molecule has 1 aromatic carbocycles. The summed E-state index contributed by atoms with van der Waals surface area (Å²) in [6.07, 6.45) is 1.76. The molecule has 0 radical (unpaired) electrons. The first-order valence-corrected chi connectivity index (χ1v) is 7.29. The van der Waals surface area contributed by atoms with Crippen molar-refractivity contribution in [3.63, 3.8) is 0 Å². The molecule has 0 atom stereocenters. The van der Waals surface area contributed by atoms with Crippen LogP contribution in [0.5, 0.6) is 5.75 Å². The van der Waals surface area contributed by atoms with Crippen LogP contribution in [-0.2, 0) is 16.6 Å². The molecule has 5 nitrogen and oxygen atoms in total. The first-order chi connectivity index (χ1) is 8.40. The van der Waals surface area contributed by atoms with E-state index in [0.29, 0.717) is 11.3 Å². The number of benzene rings is 1. The summed E-state index contributed by atoms with van der Waals surface area (Å²) in [5.74, 6) is 0.606. The topological polar surface area (TPSA) is 81.4 Å². The van der Waals surface area contributed by atoms with E-state index in [-0.39, 0.29) is 17.0 Å². The van der Waals surface area contributed by atoms with Crippen molar-refractivity contribution in [2.24, 2.45) is 5.73 Å². The van der Waals surface area contributed by atoms with Crippen LogP contribution < -0.4 is 15.2 Å². The normalized spacial score (nSPS) is 17.5. The third-order valence-electron chi connectivity index (χ3n) is 3.16. The lowest BCUT2D eigenvalue weighted by Gasteiger charge is -2.14. The van der Waals surface area contributed by atoms with E-state index in [2.05, 4.69) is 4.72 Å². The van der Waals surface area contributed by atoms with Crippen LogP contribution in [0.4, 0.5) is 0 Å². The highest BCUT2D eigenvalue weighted by molar-refractivity contribution is 7.89. The van der Waals surface area contributed by atoms with Crippen LogP contribution in [0.25, 0.3) is 0 Å². The Kier molecular flexibility index (Phi) is 3.35. The molecule has 0 bridgehead atoms. The lowest BCUT2D eigenvalue weighted by molar-refractivity contribution is 0.409. The molecule has 100 valence electrons. The second kappa shape index (κ2) is 4.53. The average molecular weight is 270 g/mol. The van der Waals surface area contributed by atoms with Crippen molar-refractivity contribution >= 4 is 10.0 Å². The fourth-order valence-corrected chi connectivity index (χ4v) is 3.27. The lowest BCUT2D eigenvalue weighted by atomic mass is 10.2. The molecule has 3 N–H and O–H groups in total. The maximum absolute atomic E-state index is 12.2. The van der Waals surface area contributed by atoms with Crippen molar-refractivity contribution < 1.29 is 13.2 Å². The number of hydrogen-bond acceptors (Lipinski definition) is 4. The van der Waals surface area contributed by atoms with E-state index >= 15 is 0 Å². The minimum atomic E-state index is -3.47. The number of hydrogen-bond donors (Lipinski definition) is 2. The smallest absolute Gasteiger partial charge is 0.241 e. The van der Waals surface area contributed by atoms with E-state index in [1.807, 2.05) is 6.92 Å². The highest BCUT2D eigenvalue weighted by atomic mass is 32.2. The van der Waals surface area contributed by atoms with Gasteiger partial charge in [-0.3, -0.25) is 0 Å². The van der Waals surface area contributed by atoms with Crippen molar-refractivity contribution in [1.29, 1.82) is 0 Å². The van der Waals surface area contributed by atoms with E-state index in [1.54, 1.807) is 12.1 Å². The van der Waals surface area contributed by atoms with Gasteiger partial charge in [0.25, 0.3) is 0 Å². The van der Waals surface area contributed by atoms with Crippen LogP contribution in [0, 0.1) is 0 Å². The Balaban J connectivity index is 2.32. The second-order valence-electron chi connectivity index (χ2n) is 4.84. The largest absolute Gasteiger partial charge is 0.496 e. The molecule has 2 rings (SSSR count). The van der Waals surface area contributed by atoms with Crippen LogP contribution in [0.3, 0.4) is 0 Å². The third-order valence-corrected chi connectivity index (χ3v) is 4.80. The zero-order chi connectivity index (χ0) is 13.4. The molecule has 0 spiro atoms. The first-order valence-electron chi connectivity index (χ1n) is 5.81. The zero-order valence-corrected chi connectivity index (χ0v) is 11.4. The summed E-state index contributed by atoms with van der Waals surface area (Å²) in [7, 11) is -1.94. The van der Waals surface area contributed by atoms with Crippen molar-refractivity contribution in [3.8, 4) is 5.75 Å². The molecule has 0 aliphatic heterocycles. The minimum absolute atomic E-state index is 0.233. The van der Waals surface area contributed by atoms with Gasteiger partial charge in [-0.05, 0) is 38.0 Å². The monoisotopic (exact) mass is 270 g/mol. The summed E-state index contributed by atoms with van der Waals surface area (Å²) in [6, 6.07) is 4.73. The molecule has 1 aliphatic carbocycles. The molecule has 0 aromatic heterocycles. The van der Waals surface area contributed by atoms with E-state index in [1.165, 1.54) is 13.2 Å². The van der Waals surface area contributed by atoms with Crippen LogP contribution in [-0.4, -0.2) is 21.1 Å². The highest BCUT2D eigenvalue weighted by Gasteiger charge is 2.41. The molecule has 1 saturated carbocycles. The predicted octanol–water partition coefficient (Wildman–Crippen LogP) is 0.985. The van der Waals surface area contributed by atoms with E-state index in [0.717, 1.165) is 12.8 Å². The molecular formula is C12H18N2O3S. The number of methoxy groups -OCH3 is 1. The summed E-state index contributed by atoms with van der Waals surface area (Å²) in [5, 5.41) is 0. The van der Waals surface area contributed by atoms with E-state index < -0.39 is 10.0 Å². The molecule has 1 aliphatic rings. The predicted molar refractivity (Wildman–Crippen MR) is 68.8 cm³/mol. The van der Waals surface area contributed by atoms with Gasteiger partial charge < -0.3 is 10.5 Å². The molecule has 0 amide bonds. The number of nitrogens with two attached hydrogens (primary N) is 1. The number of nitrogens with one attached hydrogen (secondary N) is 1. The Bertz CT molecular complexity index is 550. The van der Waals surface area contributed by atoms with Gasteiger partial charge in [0, 0.05) is 17.6 Å². The lowest BCUT2D eigenvalue weighted by Crippen LogP contribution is -2.34. The van der Waals surface area contributed by atoms with Crippen molar-refractivity contribution in [2.45, 2.75) is 36.7 Å². The molecule has 1 aromatic rings.